The average Bonchev–Trinajstić information content (AvgIpc) is 3.01. The van der Waals surface area contributed by atoms with Gasteiger partial charge in [-0.25, -0.2) is 4.98 Å². The lowest BCUT2D eigenvalue weighted by atomic mass is 9.98. The Morgan fingerprint density at radius 3 is 2.58 bits per heavy atom. The lowest BCUT2D eigenvalue weighted by molar-refractivity contribution is -0.131. The summed E-state index contributed by atoms with van der Waals surface area (Å²) in [5.41, 5.74) is 4.24. The average molecular weight is 347 g/mol. The van der Waals surface area contributed by atoms with E-state index in [9.17, 15) is 4.79 Å². The first-order valence-corrected chi connectivity index (χ1v) is 9.39. The molecule has 2 aromatic rings. The summed E-state index contributed by atoms with van der Waals surface area (Å²) < 4.78 is 1.86. The van der Waals surface area contributed by atoms with E-state index in [2.05, 4.69) is 18.9 Å². The molecule has 0 spiro atoms. The summed E-state index contributed by atoms with van der Waals surface area (Å²) in [6, 6.07) is 0. The van der Waals surface area contributed by atoms with Gasteiger partial charge < -0.3 is 4.90 Å². The zero-order valence-corrected chi connectivity index (χ0v) is 16.0. The predicted octanol–water partition coefficient (Wildman–Crippen LogP) is 3.06. The number of aryl methyl sites for hydroxylation is 4. The zero-order valence-electron chi connectivity index (χ0n) is 15.2. The van der Waals surface area contributed by atoms with Gasteiger partial charge >= 0.3 is 0 Å². The second-order valence-electron chi connectivity index (χ2n) is 6.82. The van der Waals surface area contributed by atoms with Crippen LogP contribution in [0.5, 0.6) is 0 Å². The molecule has 130 valence electrons. The molecule has 0 unspecified atom stereocenters. The first-order chi connectivity index (χ1) is 11.4. The molecule has 1 saturated heterocycles. The molecule has 2 aromatic heterocycles. The Balaban J connectivity index is 1.71. The number of hydrogen-bond donors (Lipinski definition) is 0. The maximum absolute atomic E-state index is 12.8. The van der Waals surface area contributed by atoms with E-state index in [1.807, 2.05) is 30.5 Å². The van der Waals surface area contributed by atoms with Crippen LogP contribution >= 0.6 is 11.3 Å². The van der Waals surface area contributed by atoms with E-state index in [0.29, 0.717) is 12.3 Å². The summed E-state index contributed by atoms with van der Waals surface area (Å²) in [5.74, 6) is 0.597. The molecule has 6 heteroatoms. The van der Waals surface area contributed by atoms with Crippen LogP contribution in [0.2, 0.25) is 0 Å². The minimum absolute atomic E-state index is 0.212. The number of hydrogen-bond acceptors (Lipinski definition) is 4. The quantitative estimate of drug-likeness (QED) is 0.858. The molecule has 0 saturated carbocycles. The van der Waals surface area contributed by atoms with Gasteiger partial charge in [-0.1, -0.05) is 0 Å². The van der Waals surface area contributed by atoms with Crippen molar-refractivity contribution in [3.63, 3.8) is 0 Å². The molecule has 3 heterocycles. The highest BCUT2D eigenvalue weighted by molar-refractivity contribution is 7.11. The third-order valence-corrected chi connectivity index (χ3v) is 6.39. The second kappa shape index (κ2) is 6.67. The van der Waals surface area contributed by atoms with Gasteiger partial charge in [0.1, 0.15) is 0 Å². The fourth-order valence-electron chi connectivity index (χ4n) is 3.41. The first-order valence-electron chi connectivity index (χ1n) is 8.57. The molecule has 1 atom stereocenters. The van der Waals surface area contributed by atoms with Gasteiger partial charge in [0.25, 0.3) is 0 Å². The molecule has 3 rings (SSSR count). The van der Waals surface area contributed by atoms with Gasteiger partial charge in [-0.3, -0.25) is 9.48 Å². The third kappa shape index (κ3) is 3.24. The van der Waals surface area contributed by atoms with E-state index in [-0.39, 0.29) is 5.91 Å². The Morgan fingerprint density at radius 1 is 1.25 bits per heavy atom. The van der Waals surface area contributed by atoms with Gasteiger partial charge in [-0.2, -0.15) is 5.10 Å². The lowest BCUT2D eigenvalue weighted by Gasteiger charge is -2.32. The van der Waals surface area contributed by atoms with Crippen molar-refractivity contribution < 1.29 is 4.79 Å². The van der Waals surface area contributed by atoms with Crippen LogP contribution in [-0.4, -0.2) is 38.7 Å². The molecule has 5 nitrogen and oxygen atoms in total. The van der Waals surface area contributed by atoms with Crippen molar-refractivity contribution in [2.75, 3.05) is 13.1 Å². The van der Waals surface area contributed by atoms with Crippen molar-refractivity contribution in [3.8, 4) is 0 Å². The normalized spacial score (nSPS) is 18.2. The number of likely N-dealkylation sites (tertiary alicyclic amines) is 1. The highest BCUT2D eigenvalue weighted by Gasteiger charge is 2.28. The monoisotopic (exact) mass is 346 g/mol. The number of amides is 1. The smallest absolute Gasteiger partial charge is 0.227 e. The molecule has 0 radical (unpaired) electrons. The summed E-state index contributed by atoms with van der Waals surface area (Å²) in [6.07, 6.45) is 2.63. The molecular formula is C18H26N4OS. The molecule has 0 N–H and O–H groups in total. The van der Waals surface area contributed by atoms with Crippen LogP contribution < -0.4 is 0 Å². The minimum atomic E-state index is 0.212. The third-order valence-electron chi connectivity index (χ3n) is 5.16. The minimum Gasteiger partial charge on any atom is -0.342 e. The summed E-state index contributed by atoms with van der Waals surface area (Å²) in [6.45, 7) is 9.85. The highest BCUT2D eigenvalue weighted by atomic mass is 32.1. The fourth-order valence-corrected chi connectivity index (χ4v) is 4.46. The van der Waals surface area contributed by atoms with Crippen LogP contribution in [0.25, 0.3) is 0 Å². The Morgan fingerprint density at radius 2 is 2.00 bits per heavy atom. The maximum atomic E-state index is 12.8. The Labute approximate surface area is 147 Å². The van der Waals surface area contributed by atoms with Crippen LogP contribution in [0.15, 0.2) is 0 Å². The van der Waals surface area contributed by atoms with Crippen LogP contribution in [0.3, 0.4) is 0 Å². The molecule has 0 aromatic carbocycles. The van der Waals surface area contributed by atoms with Crippen molar-refractivity contribution >= 4 is 17.2 Å². The van der Waals surface area contributed by atoms with E-state index < -0.39 is 0 Å². The van der Waals surface area contributed by atoms with Crippen LogP contribution in [-0.2, 0) is 18.3 Å². The number of carbonyl (C=O) groups is 1. The van der Waals surface area contributed by atoms with Crippen molar-refractivity contribution in [1.29, 1.82) is 0 Å². The van der Waals surface area contributed by atoms with Crippen molar-refractivity contribution in [2.24, 2.45) is 7.05 Å². The Bertz CT molecular complexity index is 742. The van der Waals surface area contributed by atoms with Crippen molar-refractivity contribution in [2.45, 2.75) is 52.9 Å². The Hall–Kier alpha value is -1.69. The number of nitrogens with zero attached hydrogens (tertiary/aromatic N) is 4. The molecule has 1 aliphatic heterocycles. The topological polar surface area (TPSA) is 51.0 Å². The molecule has 1 aliphatic rings. The van der Waals surface area contributed by atoms with Gasteiger partial charge in [-0.15, -0.1) is 11.3 Å². The fraction of sp³-hybridized carbons (Fsp3) is 0.611. The van der Waals surface area contributed by atoms with Gasteiger partial charge in [-0.05, 0) is 40.5 Å². The summed E-state index contributed by atoms with van der Waals surface area (Å²) >= 11 is 1.78. The lowest BCUT2D eigenvalue weighted by Crippen LogP contribution is -2.40. The summed E-state index contributed by atoms with van der Waals surface area (Å²) in [5, 5.41) is 5.61. The van der Waals surface area contributed by atoms with Crippen molar-refractivity contribution in [1.82, 2.24) is 19.7 Å². The molecular weight excluding hydrogens is 320 g/mol. The standard InChI is InChI=1S/C18H26N4OS/c1-11-14(4)24-18(19-11)15-7-6-8-22(10-15)17(23)9-16-12(2)20-21(5)13(16)3/h15H,6-10H2,1-5H3/t15-/m1/s1. The SMILES string of the molecule is Cc1nc([C@@H]2CCCN(C(=O)Cc3c(C)nn(C)c3C)C2)sc1C. The molecule has 0 bridgehead atoms. The number of rotatable bonds is 3. The zero-order chi connectivity index (χ0) is 17.4. The molecule has 1 amide bonds. The van der Waals surface area contributed by atoms with E-state index in [4.69, 9.17) is 4.98 Å². The van der Waals surface area contributed by atoms with Crippen LogP contribution in [0, 0.1) is 27.7 Å². The number of carbonyl (C=O) groups excluding carboxylic acids is 1. The largest absolute Gasteiger partial charge is 0.342 e. The molecule has 1 fully saturated rings. The number of aromatic nitrogens is 3. The van der Waals surface area contributed by atoms with Gasteiger partial charge in [0, 0.05) is 42.2 Å². The number of piperidine rings is 1. The van der Waals surface area contributed by atoms with Gasteiger partial charge in [0.2, 0.25) is 5.91 Å². The van der Waals surface area contributed by atoms with Gasteiger partial charge in [0.15, 0.2) is 0 Å². The van der Waals surface area contributed by atoms with E-state index >= 15 is 0 Å². The van der Waals surface area contributed by atoms with E-state index in [1.54, 1.807) is 11.3 Å². The van der Waals surface area contributed by atoms with Crippen molar-refractivity contribution in [3.05, 3.63) is 32.5 Å². The molecule has 24 heavy (non-hydrogen) atoms. The first kappa shape index (κ1) is 17.1. The highest BCUT2D eigenvalue weighted by Crippen LogP contribution is 2.31. The summed E-state index contributed by atoms with van der Waals surface area (Å²) in [4.78, 5) is 20.8. The maximum Gasteiger partial charge on any atom is 0.227 e. The van der Waals surface area contributed by atoms with Crippen LogP contribution in [0.1, 0.15) is 51.3 Å². The van der Waals surface area contributed by atoms with E-state index in [1.165, 1.54) is 9.88 Å². The molecule has 0 aliphatic carbocycles. The van der Waals surface area contributed by atoms with Gasteiger partial charge in [0.05, 0.1) is 22.8 Å². The predicted molar refractivity (Wildman–Crippen MR) is 96.5 cm³/mol. The number of thiazole rings is 1. The second-order valence-corrected chi connectivity index (χ2v) is 8.06. The summed E-state index contributed by atoms with van der Waals surface area (Å²) in [7, 11) is 1.93. The van der Waals surface area contributed by atoms with Crippen LogP contribution in [0.4, 0.5) is 0 Å². The van der Waals surface area contributed by atoms with E-state index in [0.717, 1.165) is 48.6 Å². The Kier molecular flexibility index (Phi) is 4.76.